The third-order valence-electron chi connectivity index (χ3n) is 1.30. The van der Waals surface area contributed by atoms with Crippen molar-refractivity contribution in [2.45, 2.75) is 12.5 Å². The minimum atomic E-state index is 0.246. The fourth-order valence-corrected chi connectivity index (χ4v) is 0.807. The molecule has 0 bridgehead atoms. The maximum Gasteiger partial charge on any atom is 0.0463 e. The van der Waals surface area contributed by atoms with Gasteiger partial charge < -0.3 is 10.4 Å². The summed E-state index contributed by atoms with van der Waals surface area (Å²) in [5.41, 5.74) is 0. The first-order valence-electron chi connectivity index (χ1n) is 3.64. The van der Waals surface area contributed by atoms with Crippen LogP contribution in [0.25, 0.3) is 0 Å². The summed E-state index contributed by atoms with van der Waals surface area (Å²) in [4.78, 5) is 0. The topological polar surface area (TPSA) is 32.3 Å². The molecule has 2 heteroatoms. The average Bonchev–Trinajstić information content (AvgIpc) is 2.11. The number of dihydropyridines is 1. The summed E-state index contributed by atoms with van der Waals surface area (Å²) >= 11 is 0. The lowest BCUT2D eigenvalue weighted by molar-refractivity contribution is 0.278. The Morgan fingerprint density at radius 1 is 1.36 bits per heavy atom. The Hall–Kier alpha value is -1.02. The predicted molar refractivity (Wildman–Crippen MR) is 48.2 cm³/mol. The van der Waals surface area contributed by atoms with Crippen LogP contribution in [0.15, 0.2) is 37.6 Å². The molecule has 1 rings (SSSR count). The van der Waals surface area contributed by atoms with Gasteiger partial charge in [0.25, 0.3) is 0 Å². The predicted octanol–water partition coefficient (Wildman–Crippen LogP) is 1.21. The summed E-state index contributed by atoms with van der Waals surface area (Å²) in [6.45, 7) is 6.25. The van der Waals surface area contributed by atoms with Crippen LogP contribution in [0.2, 0.25) is 0 Å². The minimum absolute atomic E-state index is 0.246. The van der Waals surface area contributed by atoms with E-state index < -0.39 is 0 Å². The van der Waals surface area contributed by atoms with Crippen molar-refractivity contribution >= 4 is 0 Å². The van der Waals surface area contributed by atoms with Gasteiger partial charge in [0.1, 0.15) is 0 Å². The Balaban J connectivity index is 0.000000461. The van der Waals surface area contributed by atoms with Crippen molar-refractivity contribution in [2.75, 3.05) is 6.61 Å². The summed E-state index contributed by atoms with van der Waals surface area (Å²) in [7, 11) is 0. The van der Waals surface area contributed by atoms with Crippen LogP contribution >= 0.6 is 0 Å². The van der Waals surface area contributed by atoms with Gasteiger partial charge in [-0.05, 0) is 18.7 Å². The van der Waals surface area contributed by atoms with Crippen LogP contribution in [0.5, 0.6) is 0 Å². The van der Waals surface area contributed by atoms with Gasteiger partial charge in [-0.1, -0.05) is 12.2 Å². The maximum absolute atomic E-state index is 8.52. The van der Waals surface area contributed by atoms with Gasteiger partial charge >= 0.3 is 0 Å². The van der Waals surface area contributed by atoms with Gasteiger partial charge in [-0.3, -0.25) is 0 Å². The second-order valence-electron chi connectivity index (χ2n) is 2.03. The largest absolute Gasteiger partial charge is 0.396 e. The molecule has 0 amide bonds. The van der Waals surface area contributed by atoms with E-state index in [1.54, 1.807) is 0 Å². The average molecular weight is 153 g/mol. The molecule has 62 valence electrons. The number of aliphatic hydroxyl groups is 1. The quantitative estimate of drug-likeness (QED) is 0.584. The van der Waals surface area contributed by atoms with Crippen LogP contribution in [0.1, 0.15) is 6.42 Å². The third kappa shape index (κ3) is 4.39. The van der Waals surface area contributed by atoms with Gasteiger partial charge in [-0.15, -0.1) is 13.2 Å². The lowest BCUT2D eigenvalue weighted by Crippen LogP contribution is -2.24. The number of rotatable bonds is 2. The van der Waals surface area contributed by atoms with Gasteiger partial charge in [0.15, 0.2) is 0 Å². The van der Waals surface area contributed by atoms with Crippen LogP contribution in [-0.2, 0) is 0 Å². The monoisotopic (exact) mass is 153 g/mol. The van der Waals surface area contributed by atoms with Crippen molar-refractivity contribution in [3.8, 4) is 0 Å². The summed E-state index contributed by atoms with van der Waals surface area (Å²) in [6.07, 6.45) is 8.64. The first-order valence-corrected chi connectivity index (χ1v) is 3.64. The molecule has 1 aliphatic rings. The number of hydrogen-bond acceptors (Lipinski definition) is 2. The molecule has 0 radical (unpaired) electrons. The van der Waals surface area contributed by atoms with Crippen molar-refractivity contribution in [1.29, 1.82) is 0 Å². The Kier molecular flexibility index (Phi) is 6.43. The Morgan fingerprint density at radius 3 is 2.55 bits per heavy atom. The number of nitrogens with one attached hydrogen (secondary N) is 1. The third-order valence-corrected chi connectivity index (χ3v) is 1.30. The van der Waals surface area contributed by atoms with Gasteiger partial charge in [0, 0.05) is 12.6 Å². The normalized spacial score (nSPS) is 19.9. The van der Waals surface area contributed by atoms with Gasteiger partial charge in [-0.2, -0.15) is 0 Å². The van der Waals surface area contributed by atoms with E-state index >= 15 is 0 Å². The molecule has 1 aliphatic heterocycles. The van der Waals surface area contributed by atoms with Crippen LogP contribution < -0.4 is 5.32 Å². The fraction of sp³-hybridized carbons (Fsp3) is 0.333. The lowest BCUT2D eigenvalue weighted by Gasteiger charge is -2.13. The molecule has 0 spiro atoms. The van der Waals surface area contributed by atoms with Crippen molar-refractivity contribution in [3.63, 3.8) is 0 Å². The highest BCUT2D eigenvalue weighted by Gasteiger charge is 2.00. The van der Waals surface area contributed by atoms with Crippen molar-refractivity contribution in [2.24, 2.45) is 0 Å². The molecule has 11 heavy (non-hydrogen) atoms. The van der Waals surface area contributed by atoms with Gasteiger partial charge in [-0.25, -0.2) is 0 Å². The molecular formula is C9H15NO. The van der Waals surface area contributed by atoms with E-state index in [-0.39, 0.29) is 6.61 Å². The summed E-state index contributed by atoms with van der Waals surface area (Å²) in [5.74, 6) is 0. The molecular weight excluding hydrogens is 138 g/mol. The zero-order chi connectivity index (χ0) is 8.53. The van der Waals surface area contributed by atoms with Crippen LogP contribution in [0, 0.1) is 0 Å². The van der Waals surface area contributed by atoms with E-state index in [1.165, 1.54) is 0 Å². The zero-order valence-corrected chi connectivity index (χ0v) is 6.66. The highest BCUT2D eigenvalue weighted by atomic mass is 16.3. The second-order valence-corrected chi connectivity index (χ2v) is 2.03. The van der Waals surface area contributed by atoms with Crippen LogP contribution in [-0.4, -0.2) is 17.8 Å². The number of aliphatic hydroxyl groups excluding tert-OH is 1. The summed E-state index contributed by atoms with van der Waals surface area (Å²) < 4.78 is 0. The molecule has 0 saturated carbocycles. The van der Waals surface area contributed by atoms with Crippen molar-refractivity contribution in [1.82, 2.24) is 5.32 Å². The number of hydrogen-bond donors (Lipinski definition) is 2. The van der Waals surface area contributed by atoms with E-state index in [9.17, 15) is 0 Å². The Bertz CT molecular complexity index is 140. The molecule has 0 aromatic rings. The molecule has 0 saturated heterocycles. The standard InChI is InChI=1S/C7H11NO.C2H4/c9-6-4-7-3-1-2-5-8-7;1-2/h1-3,5,7-9H,4,6H2;1-2H2. The molecule has 1 heterocycles. The van der Waals surface area contributed by atoms with E-state index in [0.29, 0.717) is 6.04 Å². The molecule has 2 N–H and O–H groups in total. The second kappa shape index (κ2) is 7.09. The molecule has 1 unspecified atom stereocenters. The molecule has 0 aliphatic carbocycles. The first kappa shape index (κ1) is 9.98. The highest BCUT2D eigenvalue weighted by molar-refractivity contribution is 5.11. The highest BCUT2D eigenvalue weighted by Crippen LogP contribution is 1.97. The number of allylic oxidation sites excluding steroid dienone is 2. The lowest BCUT2D eigenvalue weighted by atomic mass is 10.2. The summed E-state index contributed by atoms with van der Waals surface area (Å²) in [6, 6.07) is 0.333. The van der Waals surface area contributed by atoms with E-state index in [0.717, 1.165) is 6.42 Å². The fourth-order valence-electron chi connectivity index (χ4n) is 0.807. The van der Waals surface area contributed by atoms with E-state index in [1.807, 2.05) is 24.4 Å². The van der Waals surface area contributed by atoms with Gasteiger partial charge in [0.05, 0.1) is 0 Å². The van der Waals surface area contributed by atoms with Crippen LogP contribution in [0.4, 0.5) is 0 Å². The summed E-state index contributed by atoms with van der Waals surface area (Å²) in [5, 5.41) is 11.6. The SMILES string of the molecule is C=C.OCCC1C=CC=CN1. The van der Waals surface area contributed by atoms with Crippen LogP contribution in [0.3, 0.4) is 0 Å². The smallest absolute Gasteiger partial charge is 0.0463 e. The van der Waals surface area contributed by atoms with E-state index in [4.69, 9.17) is 5.11 Å². The van der Waals surface area contributed by atoms with E-state index in [2.05, 4.69) is 18.5 Å². The van der Waals surface area contributed by atoms with Gasteiger partial charge in [0.2, 0.25) is 0 Å². The Labute approximate surface area is 67.9 Å². The first-order chi connectivity index (χ1) is 5.43. The molecule has 0 fully saturated rings. The van der Waals surface area contributed by atoms with Crippen molar-refractivity contribution < 1.29 is 5.11 Å². The zero-order valence-electron chi connectivity index (χ0n) is 6.66. The molecule has 2 nitrogen and oxygen atoms in total. The molecule has 0 aromatic heterocycles. The maximum atomic E-state index is 8.52. The van der Waals surface area contributed by atoms with Crippen molar-refractivity contribution in [3.05, 3.63) is 37.6 Å². The molecule has 0 aromatic carbocycles. The minimum Gasteiger partial charge on any atom is -0.396 e. The Morgan fingerprint density at radius 2 is 2.09 bits per heavy atom. The molecule has 1 atom stereocenters.